The molecule has 1 fully saturated rings. The molecule has 1 saturated heterocycles. The minimum Gasteiger partial charge on any atom is -0.384 e. The highest BCUT2D eigenvalue weighted by Gasteiger charge is 2.22. The Hall–Kier alpha value is -1.65. The van der Waals surface area contributed by atoms with Crippen molar-refractivity contribution < 1.29 is 8.78 Å². The van der Waals surface area contributed by atoms with Gasteiger partial charge in [0.05, 0.1) is 0 Å². The van der Waals surface area contributed by atoms with Gasteiger partial charge in [0, 0.05) is 18.7 Å². The molecule has 1 aromatic rings. The molecule has 2 rings (SSSR count). The molecule has 0 saturated carbocycles. The quantitative estimate of drug-likeness (QED) is 0.658. The van der Waals surface area contributed by atoms with Crippen LogP contribution >= 0.6 is 0 Å². The second-order valence-corrected chi connectivity index (χ2v) is 5.77. The Labute approximate surface area is 124 Å². The Bertz CT molecular complexity index is 493. The van der Waals surface area contributed by atoms with Gasteiger partial charge in [0.2, 0.25) is 0 Å². The zero-order chi connectivity index (χ0) is 15.4. The van der Waals surface area contributed by atoms with Gasteiger partial charge in [-0.25, -0.2) is 8.78 Å². The maximum atomic E-state index is 14.2. The Morgan fingerprint density at radius 2 is 1.95 bits per heavy atom. The summed E-state index contributed by atoms with van der Waals surface area (Å²) in [5.41, 5.74) is 5.41. The maximum Gasteiger partial charge on any atom is 0.150 e. The van der Waals surface area contributed by atoms with E-state index in [9.17, 15) is 8.78 Å². The van der Waals surface area contributed by atoms with Gasteiger partial charge in [0.25, 0.3) is 0 Å². The molecular weight excluding hydrogens is 272 g/mol. The first-order valence-corrected chi connectivity index (χ1v) is 7.61. The third-order valence-electron chi connectivity index (χ3n) is 4.19. The van der Waals surface area contributed by atoms with E-state index < -0.39 is 11.6 Å². The molecule has 116 valence electrons. The minimum absolute atomic E-state index is 0.0251. The van der Waals surface area contributed by atoms with Crippen LogP contribution in [0.15, 0.2) is 12.1 Å². The lowest BCUT2D eigenvalue weighted by Gasteiger charge is -2.24. The van der Waals surface area contributed by atoms with Crippen molar-refractivity contribution in [2.45, 2.75) is 39.0 Å². The summed E-state index contributed by atoms with van der Waals surface area (Å²) in [6.45, 7) is 3.52. The summed E-state index contributed by atoms with van der Waals surface area (Å²) in [5, 5.41) is 7.28. The zero-order valence-electron chi connectivity index (χ0n) is 12.5. The van der Waals surface area contributed by atoms with Crippen LogP contribution in [0.5, 0.6) is 0 Å². The van der Waals surface area contributed by atoms with Crippen LogP contribution in [-0.2, 0) is 0 Å². The third-order valence-corrected chi connectivity index (χ3v) is 4.19. The molecule has 1 heterocycles. The van der Waals surface area contributed by atoms with Crippen LogP contribution in [-0.4, -0.2) is 18.9 Å². The number of nitrogens with two attached hydrogens (primary N) is 1. The first-order valence-electron chi connectivity index (χ1n) is 7.61. The highest BCUT2D eigenvalue weighted by atomic mass is 19.1. The van der Waals surface area contributed by atoms with Gasteiger partial charge >= 0.3 is 0 Å². The van der Waals surface area contributed by atoms with Gasteiger partial charge in [-0.1, -0.05) is 19.8 Å². The van der Waals surface area contributed by atoms with Crippen molar-refractivity contribution in [2.24, 2.45) is 11.7 Å². The van der Waals surface area contributed by atoms with Crippen LogP contribution in [0.3, 0.4) is 0 Å². The summed E-state index contributed by atoms with van der Waals surface area (Å²) in [4.78, 5) is 1.80. The predicted octanol–water partition coefficient (Wildman–Crippen LogP) is 3.66. The lowest BCUT2D eigenvalue weighted by atomic mass is 9.96. The third kappa shape index (κ3) is 3.71. The van der Waals surface area contributed by atoms with Gasteiger partial charge in [0.15, 0.2) is 0 Å². The second-order valence-electron chi connectivity index (χ2n) is 5.77. The van der Waals surface area contributed by atoms with Crippen molar-refractivity contribution in [3.8, 4) is 0 Å². The van der Waals surface area contributed by atoms with Gasteiger partial charge in [-0.2, -0.15) is 0 Å². The molecule has 0 aromatic heterocycles. The molecule has 0 spiro atoms. The van der Waals surface area contributed by atoms with Crippen LogP contribution < -0.4 is 10.6 Å². The van der Waals surface area contributed by atoms with Crippen molar-refractivity contribution in [3.05, 3.63) is 29.3 Å². The number of hydrogen-bond donors (Lipinski definition) is 2. The molecule has 1 unspecified atom stereocenters. The van der Waals surface area contributed by atoms with E-state index in [4.69, 9.17) is 11.1 Å². The highest BCUT2D eigenvalue weighted by Crippen LogP contribution is 2.29. The molecule has 0 amide bonds. The van der Waals surface area contributed by atoms with E-state index >= 15 is 0 Å². The van der Waals surface area contributed by atoms with Crippen molar-refractivity contribution >= 4 is 11.5 Å². The lowest BCUT2D eigenvalue weighted by Crippen LogP contribution is -2.27. The second kappa shape index (κ2) is 6.87. The van der Waals surface area contributed by atoms with Crippen LogP contribution in [0.25, 0.3) is 0 Å². The molecule has 3 N–H and O–H groups in total. The summed E-state index contributed by atoms with van der Waals surface area (Å²) in [6, 6.07) is 2.30. The summed E-state index contributed by atoms with van der Waals surface area (Å²) >= 11 is 0. The first kappa shape index (κ1) is 15.7. The number of halogens is 2. The van der Waals surface area contributed by atoms with Gasteiger partial charge in [-0.05, 0) is 37.3 Å². The molecule has 1 aromatic carbocycles. The Morgan fingerprint density at radius 3 is 2.52 bits per heavy atom. The van der Waals surface area contributed by atoms with Gasteiger partial charge in [-0.3, -0.25) is 5.41 Å². The molecule has 1 aliphatic rings. The van der Waals surface area contributed by atoms with Gasteiger partial charge in [-0.15, -0.1) is 0 Å². The molecule has 5 heteroatoms. The van der Waals surface area contributed by atoms with E-state index in [1.807, 2.05) is 0 Å². The van der Waals surface area contributed by atoms with Crippen LogP contribution in [0, 0.1) is 23.0 Å². The predicted molar refractivity (Wildman–Crippen MR) is 81.8 cm³/mol. The van der Waals surface area contributed by atoms with Crippen LogP contribution in [0.1, 0.15) is 44.6 Å². The fraction of sp³-hybridized carbons (Fsp3) is 0.562. The van der Waals surface area contributed by atoms with E-state index in [0.29, 0.717) is 19.0 Å². The van der Waals surface area contributed by atoms with E-state index in [1.165, 1.54) is 6.42 Å². The zero-order valence-corrected chi connectivity index (χ0v) is 12.5. The number of hydrogen-bond acceptors (Lipinski definition) is 2. The Morgan fingerprint density at radius 1 is 1.29 bits per heavy atom. The molecule has 1 aliphatic heterocycles. The molecule has 3 nitrogen and oxygen atoms in total. The van der Waals surface area contributed by atoms with Gasteiger partial charge < -0.3 is 10.6 Å². The number of rotatable bonds is 4. The van der Waals surface area contributed by atoms with Crippen LogP contribution in [0.2, 0.25) is 0 Å². The molecule has 1 atom stereocenters. The summed E-state index contributed by atoms with van der Waals surface area (Å²) in [5.74, 6) is -0.927. The fourth-order valence-electron chi connectivity index (χ4n) is 3.11. The highest BCUT2D eigenvalue weighted by molar-refractivity contribution is 5.95. The number of amidine groups is 1. The number of nitrogens with zero attached hydrogens (tertiary/aromatic N) is 1. The van der Waals surface area contributed by atoms with Gasteiger partial charge in [0.1, 0.15) is 23.2 Å². The normalized spacial score (nSPS) is 19.4. The van der Waals surface area contributed by atoms with E-state index in [1.54, 1.807) is 4.90 Å². The standard InChI is InChI=1S/C16H23F2N3/c1-2-4-11-5-3-7-21(8-6-11)15-13(17)9-12(16(19)20)10-14(15)18/h9-11H,2-8H2,1H3,(H3,19,20). The number of anilines is 1. The molecular formula is C16H23F2N3. The van der Waals surface area contributed by atoms with Crippen molar-refractivity contribution in [1.29, 1.82) is 5.41 Å². The largest absolute Gasteiger partial charge is 0.384 e. The first-order chi connectivity index (χ1) is 10.0. The van der Waals surface area contributed by atoms with Crippen molar-refractivity contribution in [3.63, 3.8) is 0 Å². The topological polar surface area (TPSA) is 53.1 Å². The molecule has 0 aliphatic carbocycles. The fourth-order valence-corrected chi connectivity index (χ4v) is 3.11. The monoisotopic (exact) mass is 295 g/mol. The maximum absolute atomic E-state index is 14.2. The molecule has 0 radical (unpaired) electrons. The van der Waals surface area contributed by atoms with E-state index in [0.717, 1.165) is 37.8 Å². The summed E-state index contributed by atoms with van der Waals surface area (Å²) < 4.78 is 28.4. The Balaban J connectivity index is 2.20. The van der Waals surface area contributed by atoms with Crippen molar-refractivity contribution in [2.75, 3.05) is 18.0 Å². The summed E-state index contributed by atoms with van der Waals surface area (Å²) in [7, 11) is 0. The van der Waals surface area contributed by atoms with E-state index in [2.05, 4.69) is 6.92 Å². The lowest BCUT2D eigenvalue weighted by molar-refractivity contribution is 0.435. The molecule has 21 heavy (non-hydrogen) atoms. The number of nitrogen functional groups attached to an aromatic ring is 1. The molecule has 0 bridgehead atoms. The minimum atomic E-state index is -0.630. The average Bonchev–Trinajstić information content (AvgIpc) is 2.64. The van der Waals surface area contributed by atoms with E-state index in [-0.39, 0.29) is 17.1 Å². The summed E-state index contributed by atoms with van der Waals surface area (Å²) in [6.07, 6.45) is 5.39. The smallest absolute Gasteiger partial charge is 0.150 e. The average molecular weight is 295 g/mol. The number of benzene rings is 1. The SMILES string of the molecule is CCCC1CCCN(c2c(F)cc(C(=N)N)cc2F)CC1. The van der Waals surface area contributed by atoms with Crippen LogP contribution in [0.4, 0.5) is 14.5 Å². The van der Waals surface area contributed by atoms with Crippen molar-refractivity contribution in [1.82, 2.24) is 0 Å². The number of nitrogens with one attached hydrogen (secondary N) is 1. The Kier molecular flexibility index (Phi) is 5.15.